The maximum atomic E-state index is 14.1. The molecule has 0 aliphatic carbocycles. The van der Waals surface area contributed by atoms with E-state index >= 15 is 0 Å². The number of hydrogen-bond acceptors (Lipinski definition) is 3. The number of aromatic nitrogens is 1. The number of fused-ring (bicyclic) bond motifs is 1. The summed E-state index contributed by atoms with van der Waals surface area (Å²) in [5, 5.41) is 11.9. The van der Waals surface area contributed by atoms with E-state index in [1.54, 1.807) is 0 Å². The largest absolute Gasteiger partial charge is 0.480 e. The Hall–Kier alpha value is -3.69. The minimum Gasteiger partial charge on any atom is -0.480 e. The van der Waals surface area contributed by atoms with Crippen molar-refractivity contribution in [2.24, 2.45) is 0 Å². The highest BCUT2D eigenvalue weighted by molar-refractivity contribution is 6.39. The molecule has 184 valence electrons. The maximum Gasteiger partial charge on any atom is 0.326 e. The van der Waals surface area contributed by atoms with E-state index in [0.717, 1.165) is 42.6 Å². The first-order valence-electron chi connectivity index (χ1n) is 10.3. The summed E-state index contributed by atoms with van der Waals surface area (Å²) < 4.78 is 55.8. The van der Waals surface area contributed by atoms with Gasteiger partial charge in [0.1, 0.15) is 34.9 Å². The summed E-state index contributed by atoms with van der Waals surface area (Å²) in [4.78, 5) is 28.4. The van der Waals surface area contributed by atoms with E-state index in [0.29, 0.717) is 5.56 Å². The molecule has 4 aromatic rings. The van der Waals surface area contributed by atoms with Crippen LogP contribution in [0.2, 0.25) is 10.0 Å². The monoisotopic (exact) mass is 536 g/mol. The molecule has 3 aromatic carbocycles. The summed E-state index contributed by atoms with van der Waals surface area (Å²) in [7, 11) is 0. The Bertz CT molecular complexity index is 1490. The van der Waals surface area contributed by atoms with Crippen LogP contribution in [0.25, 0.3) is 22.0 Å². The topological polar surface area (TPSA) is 79.3 Å². The van der Waals surface area contributed by atoms with Gasteiger partial charge in [-0.3, -0.25) is 9.78 Å². The van der Waals surface area contributed by atoms with Gasteiger partial charge in [-0.25, -0.2) is 22.4 Å². The van der Waals surface area contributed by atoms with Gasteiger partial charge in [0.2, 0.25) is 0 Å². The molecule has 0 radical (unpaired) electrons. The maximum absolute atomic E-state index is 14.1. The van der Waals surface area contributed by atoms with Crippen molar-refractivity contribution < 1.29 is 32.3 Å². The molecular formula is C25H14Cl2F4N2O3. The van der Waals surface area contributed by atoms with Crippen molar-refractivity contribution in [1.29, 1.82) is 0 Å². The first-order chi connectivity index (χ1) is 17.1. The number of nitrogens with one attached hydrogen (secondary N) is 1. The SMILES string of the molecule is O=C(N[C@@H](Cc1ccc(-c2c(Cl)cc(F)cc2Cl)c2ncc(F)cc12)C(=O)O)c1c(F)cccc1F. The second kappa shape index (κ2) is 10.1. The molecule has 0 aliphatic heterocycles. The fourth-order valence-electron chi connectivity index (χ4n) is 3.80. The highest BCUT2D eigenvalue weighted by Gasteiger charge is 2.26. The summed E-state index contributed by atoms with van der Waals surface area (Å²) >= 11 is 12.4. The Kier molecular flexibility index (Phi) is 7.14. The zero-order valence-electron chi connectivity index (χ0n) is 18.0. The van der Waals surface area contributed by atoms with Gasteiger partial charge >= 0.3 is 5.97 Å². The van der Waals surface area contributed by atoms with Gasteiger partial charge in [-0.1, -0.05) is 41.4 Å². The number of benzene rings is 3. The molecule has 11 heteroatoms. The zero-order chi connectivity index (χ0) is 26.1. The number of rotatable bonds is 6. The Morgan fingerprint density at radius 2 is 1.58 bits per heavy atom. The normalized spacial score (nSPS) is 11.9. The minimum absolute atomic E-state index is 0.0252. The lowest BCUT2D eigenvalue weighted by atomic mass is 9.95. The van der Waals surface area contributed by atoms with Gasteiger partial charge in [-0.05, 0) is 35.9 Å². The van der Waals surface area contributed by atoms with Crippen LogP contribution in [0.5, 0.6) is 0 Å². The van der Waals surface area contributed by atoms with Crippen LogP contribution in [-0.4, -0.2) is 28.0 Å². The molecule has 0 fully saturated rings. The number of aliphatic carboxylic acids is 1. The van der Waals surface area contributed by atoms with Gasteiger partial charge < -0.3 is 10.4 Å². The third-order valence-electron chi connectivity index (χ3n) is 5.40. The molecule has 1 atom stereocenters. The van der Waals surface area contributed by atoms with Gasteiger partial charge in [0.15, 0.2) is 0 Å². The lowest BCUT2D eigenvalue weighted by Crippen LogP contribution is -2.43. The van der Waals surface area contributed by atoms with Gasteiger partial charge in [0, 0.05) is 22.9 Å². The van der Waals surface area contributed by atoms with Crippen LogP contribution in [-0.2, 0) is 11.2 Å². The van der Waals surface area contributed by atoms with Gasteiger partial charge in [-0.15, -0.1) is 0 Å². The summed E-state index contributed by atoms with van der Waals surface area (Å²) in [6, 6.07) is 7.28. The molecule has 0 saturated carbocycles. The molecule has 2 N–H and O–H groups in total. The van der Waals surface area contributed by atoms with E-state index in [4.69, 9.17) is 23.2 Å². The van der Waals surface area contributed by atoms with Crippen molar-refractivity contribution in [2.75, 3.05) is 0 Å². The third-order valence-corrected chi connectivity index (χ3v) is 6.00. The van der Waals surface area contributed by atoms with Crippen LogP contribution >= 0.6 is 23.2 Å². The Morgan fingerprint density at radius 3 is 2.19 bits per heavy atom. The fraction of sp³-hybridized carbons (Fsp3) is 0.0800. The molecular weight excluding hydrogens is 523 g/mol. The molecule has 36 heavy (non-hydrogen) atoms. The molecule has 5 nitrogen and oxygen atoms in total. The molecule has 1 heterocycles. The van der Waals surface area contributed by atoms with Crippen LogP contribution in [0.3, 0.4) is 0 Å². The predicted octanol–water partition coefficient (Wildman–Crippen LogP) is 6.19. The van der Waals surface area contributed by atoms with Gasteiger partial charge in [0.05, 0.1) is 21.8 Å². The first kappa shape index (κ1) is 25.4. The second-order valence-electron chi connectivity index (χ2n) is 7.73. The number of carbonyl (C=O) groups excluding carboxylic acids is 1. The minimum atomic E-state index is -1.63. The highest BCUT2D eigenvalue weighted by atomic mass is 35.5. The van der Waals surface area contributed by atoms with Crippen molar-refractivity contribution in [3.05, 3.63) is 99.2 Å². The Balaban J connectivity index is 1.77. The molecule has 0 spiro atoms. The molecule has 1 amide bonds. The van der Waals surface area contributed by atoms with Crippen molar-refractivity contribution in [2.45, 2.75) is 12.5 Å². The van der Waals surface area contributed by atoms with Crippen LogP contribution in [0.1, 0.15) is 15.9 Å². The van der Waals surface area contributed by atoms with Gasteiger partial charge in [-0.2, -0.15) is 0 Å². The molecule has 1 aromatic heterocycles. The Labute approximate surface area is 211 Å². The van der Waals surface area contributed by atoms with Crippen molar-refractivity contribution in [3.8, 4) is 11.1 Å². The number of amides is 1. The van der Waals surface area contributed by atoms with E-state index < -0.39 is 46.8 Å². The zero-order valence-corrected chi connectivity index (χ0v) is 19.5. The number of carboxylic acid groups (broad SMARTS) is 1. The summed E-state index contributed by atoms with van der Waals surface area (Å²) in [6.45, 7) is 0. The quantitative estimate of drug-likeness (QED) is 0.288. The lowest BCUT2D eigenvalue weighted by Gasteiger charge is -2.18. The molecule has 0 bridgehead atoms. The number of nitrogens with zero attached hydrogens (tertiary/aromatic N) is 1. The van der Waals surface area contributed by atoms with E-state index in [9.17, 15) is 32.3 Å². The standard InChI is InChI=1S/C25H14Cl2F4N2O3/c26-16-8-12(28)9-17(27)21(16)14-5-4-11(15-7-13(29)10-32-23(14)15)6-20(25(35)36)33-24(34)22-18(30)2-1-3-19(22)31/h1-5,7-10,20H,6H2,(H,33,34)(H,35,36)/t20-/m0/s1. The van der Waals surface area contributed by atoms with Crippen LogP contribution in [0.15, 0.2) is 54.7 Å². The summed E-state index contributed by atoms with van der Waals surface area (Å²) in [5.41, 5.74) is 0.0515. The fourth-order valence-corrected chi connectivity index (χ4v) is 4.46. The molecule has 0 saturated heterocycles. The Morgan fingerprint density at radius 1 is 0.944 bits per heavy atom. The number of carboxylic acids is 1. The lowest BCUT2D eigenvalue weighted by molar-refractivity contribution is -0.139. The predicted molar refractivity (Wildman–Crippen MR) is 126 cm³/mol. The smallest absolute Gasteiger partial charge is 0.326 e. The highest BCUT2D eigenvalue weighted by Crippen LogP contribution is 2.39. The second-order valence-corrected chi connectivity index (χ2v) is 8.55. The molecule has 0 aliphatic rings. The van der Waals surface area contributed by atoms with Gasteiger partial charge in [0.25, 0.3) is 5.91 Å². The van der Waals surface area contributed by atoms with Crippen LogP contribution in [0, 0.1) is 23.3 Å². The number of pyridine rings is 1. The average Bonchev–Trinajstić information content (AvgIpc) is 2.78. The van der Waals surface area contributed by atoms with Crippen molar-refractivity contribution >= 4 is 46.0 Å². The summed E-state index contributed by atoms with van der Waals surface area (Å²) in [6.07, 6.45) is 0.544. The third kappa shape index (κ3) is 4.98. The van der Waals surface area contributed by atoms with Crippen LogP contribution in [0.4, 0.5) is 17.6 Å². The van der Waals surface area contributed by atoms with E-state index in [2.05, 4.69) is 10.3 Å². The number of halogens is 6. The first-order valence-corrected chi connectivity index (χ1v) is 11.0. The molecule has 0 unspecified atom stereocenters. The van der Waals surface area contributed by atoms with E-state index in [-0.39, 0.29) is 38.5 Å². The van der Waals surface area contributed by atoms with E-state index in [1.165, 1.54) is 12.1 Å². The number of hydrogen-bond donors (Lipinski definition) is 2. The van der Waals surface area contributed by atoms with Crippen LogP contribution < -0.4 is 5.32 Å². The summed E-state index contributed by atoms with van der Waals surface area (Å²) in [5.74, 6) is -6.49. The number of carbonyl (C=O) groups is 2. The average molecular weight is 537 g/mol. The van der Waals surface area contributed by atoms with Crippen molar-refractivity contribution in [3.63, 3.8) is 0 Å². The van der Waals surface area contributed by atoms with E-state index in [1.807, 2.05) is 0 Å². The molecule has 4 rings (SSSR count). The van der Waals surface area contributed by atoms with Crippen molar-refractivity contribution in [1.82, 2.24) is 10.3 Å².